The molecule has 23 heavy (non-hydrogen) atoms. The van der Waals surface area contributed by atoms with E-state index in [-0.39, 0.29) is 11.4 Å². The first-order valence-corrected chi connectivity index (χ1v) is 7.32. The summed E-state index contributed by atoms with van der Waals surface area (Å²) in [4.78, 5) is 16.0. The van der Waals surface area contributed by atoms with E-state index >= 15 is 0 Å². The van der Waals surface area contributed by atoms with E-state index in [2.05, 4.69) is 4.98 Å². The summed E-state index contributed by atoms with van der Waals surface area (Å²) in [6.07, 6.45) is 3.18. The third-order valence-electron chi connectivity index (χ3n) is 3.24. The number of aromatic nitrogens is 2. The fraction of sp³-hybridized carbons (Fsp3) is 0.111. The lowest BCUT2D eigenvalue weighted by Gasteiger charge is -2.08. The number of ether oxygens (including phenoxy) is 2. The molecule has 0 saturated heterocycles. The maximum atomic E-state index is 12.1. The van der Waals surface area contributed by atoms with Crippen molar-refractivity contribution in [1.29, 1.82) is 0 Å². The van der Waals surface area contributed by atoms with Gasteiger partial charge in [0.25, 0.3) is 5.88 Å². The number of para-hydroxylation sites is 1. The lowest BCUT2D eigenvalue weighted by atomic mass is 10.3. The number of aryl methyl sites for hydroxylation is 1. The van der Waals surface area contributed by atoms with Crippen molar-refractivity contribution in [3.63, 3.8) is 0 Å². The number of benzene rings is 2. The number of nitrogens with zero attached hydrogens (tertiary/aromatic N) is 2. The minimum Gasteiger partial charge on any atom is -0.457 e. The molecule has 0 amide bonds. The van der Waals surface area contributed by atoms with Gasteiger partial charge in [-0.05, 0) is 43.3 Å². The molecule has 0 aliphatic heterocycles. The van der Waals surface area contributed by atoms with Gasteiger partial charge < -0.3 is 14.0 Å². The van der Waals surface area contributed by atoms with Crippen LogP contribution in [0, 0.1) is 0 Å². The van der Waals surface area contributed by atoms with E-state index in [1.807, 2.05) is 37.3 Å². The first-order valence-electron chi connectivity index (χ1n) is 7.32. The van der Waals surface area contributed by atoms with Crippen molar-refractivity contribution in [3.8, 4) is 23.1 Å². The molecule has 0 atom stereocenters. The van der Waals surface area contributed by atoms with Crippen LogP contribution in [-0.4, -0.2) is 9.55 Å². The Bertz CT molecular complexity index is 827. The highest BCUT2D eigenvalue weighted by Gasteiger charge is 2.07. The monoisotopic (exact) mass is 308 g/mol. The summed E-state index contributed by atoms with van der Waals surface area (Å²) < 4.78 is 12.8. The van der Waals surface area contributed by atoms with Crippen LogP contribution in [0.5, 0.6) is 23.1 Å². The molecule has 1 heterocycles. The molecule has 1 aromatic heterocycles. The zero-order valence-electron chi connectivity index (χ0n) is 12.7. The summed E-state index contributed by atoms with van der Waals surface area (Å²) in [5, 5.41) is 0. The van der Waals surface area contributed by atoms with E-state index in [0.29, 0.717) is 18.0 Å². The Morgan fingerprint density at radius 2 is 1.52 bits per heavy atom. The van der Waals surface area contributed by atoms with Gasteiger partial charge in [-0.3, -0.25) is 4.79 Å². The third-order valence-corrected chi connectivity index (χ3v) is 3.24. The van der Waals surface area contributed by atoms with E-state index < -0.39 is 0 Å². The lowest BCUT2D eigenvalue weighted by molar-refractivity contribution is 0.442. The lowest BCUT2D eigenvalue weighted by Crippen LogP contribution is -2.20. The Labute approximate surface area is 133 Å². The maximum absolute atomic E-state index is 12.1. The Hall–Kier alpha value is -3.08. The van der Waals surface area contributed by atoms with Crippen molar-refractivity contribution in [2.45, 2.75) is 13.5 Å². The quantitative estimate of drug-likeness (QED) is 0.718. The molecule has 0 N–H and O–H groups in total. The average molecular weight is 308 g/mol. The molecule has 0 fully saturated rings. The summed E-state index contributed by atoms with van der Waals surface area (Å²) in [5.74, 6) is 2.04. The van der Waals surface area contributed by atoms with E-state index in [1.54, 1.807) is 36.7 Å². The van der Waals surface area contributed by atoms with Crippen molar-refractivity contribution in [2.75, 3.05) is 0 Å². The van der Waals surface area contributed by atoms with Gasteiger partial charge in [0, 0.05) is 18.9 Å². The van der Waals surface area contributed by atoms with Crippen LogP contribution in [0.2, 0.25) is 0 Å². The van der Waals surface area contributed by atoms with Gasteiger partial charge in [0.15, 0.2) is 0 Å². The molecule has 0 aliphatic rings. The number of hydrogen-bond donors (Lipinski definition) is 0. The van der Waals surface area contributed by atoms with Gasteiger partial charge >= 0.3 is 5.56 Å². The van der Waals surface area contributed by atoms with Gasteiger partial charge in [0.1, 0.15) is 17.2 Å². The average Bonchev–Trinajstić information content (AvgIpc) is 2.59. The summed E-state index contributed by atoms with van der Waals surface area (Å²) in [5.41, 5.74) is -0.250. The van der Waals surface area contributed by atoms with Gasteiger partial charge in [-0.15, -0.1) is 0 Å². The second kappa shape index (κ2) is 6.79. The summed E-state index contributed by atoms with van der Waals surface area (Å²) >= 11 is 0. The fourth-order valence-electron chi connectivity index (χ4n) is 2.06. The zero-order valence-corrected chi connectivity index (χ0v) is 12.7. The highest BCUT2D eigenvalue weighted by Crippen LogP contribution is 2.24. The second-order valence-electron chi connectivity index (χ2n) is 4.81. The summed E-state index contributed by atoms with van der Waals surface area (Å²) in [6, 6.07) is 16.6. The van der Waals surface area contributed by atoms with E-state index in [0.717, 1.165) is 5.75 Å². The van der Waals surface area contributed by atoms with Crippen LogP contribution in [0.25, 0.3) is 0 Å². The van der Waals surface area contributed by atoms with Crippen molar-refractivity contribution in [2.24, 2.45) is 0 Å². The molecule has 0 radical (unpaired) electrons. The van der Waals surface area contributed by atoms with Crippen LogP contribution in [0.3, 0.4) is 0 Å². The SMILES string of the molecule is CCn1ccnc(Oc2ccc(Oc3ccccc3)cc2)c1=O. The van der Waals surface area contributed by atoms with Crippen LogP contribution in [0.1, 0.15) is 6.92 Å². The van der Waals surface area contributed by atoms with Gasteiger partial charge in [-0.25, -0.2) is 4.98 Å². The molecule has 5 heteroatoms. The molecule has 5 nitrogen and oxygen atoms in total. The molecule has 3 aromatic rings. The fourth-order valence-corrected chi connectivity index (χ4v) is 2.06. The Morgan fingerprint density at radius 3 is 2.17 bits per heavy atom. The van der Waals surface area contributed by atoms with Gasteiger partial charge in [0.2, 0.25) is 0 Å². The standard InChI is InChI=1S/C18H16N2O3/c1-2-20-13-12-19-17(18(20)21)23-16-10-8-15(9-11-16)22-14-6-4-3-5-7-14/h3-13H,2H2,1H3. The molecule has 116 valence electrons. The molecular weight excluding hydrogens is 292 g/mol. The van der Waals surface area contributed by atoms with Crippen molar-refractivity contribution in [1.82, 2.24) is 9.55 Å². The van der Waals surface area contributed by atoms with Crippen molar-refractivity contribution < 1.29 is 9.47 Å². The molecular formula is C18H16N2O3. The normalized spacial score (nSPS) is 10.3. The zero-order chi connectivity index (χ0) is 16.1. The van der Waals surface area contributed by atoms with Crippen LogP contribution in [0.4, 0.5) is 0 Å². The highest BCUT2D eigenvalue weighted by molar-refractivity contribution is 5.36. The van der Waals surface area contributed by atoms with Gasteiger partial charge in [0.05, 0.1) is 0 Å². The maximum Gasteiger partial charge on any atom is 0.313 e. The topological polar surface area (TPSA) is 53.4 Å². The predicted octanol–water partition coefficient (Wildman–Crippen LogP) is 3.85. The Kier molecular flexibility index (Phi) is 4.38. The highest BCUT2D eigenvalue weighted by atomic mass is 16.5. The molecule has 3 rings (SSSR count). The minimum atomic E-state index is -0.250. The van der Waals surface area contributed by atoms with E-state index in [1.165, 1.54) is 4.57 Å². The third kappa shape index (κ3) is 3.58. The van der Waals surface area contributed by atoms with Crippen LogP contribution in [-0.2, 0) is 6.54 Å². The van der Waals surface area contributed by atoms with E-state index in [4.69, 9.17) is 9.47 Å². The number of rotatable bonds is 5. The molecule has 0 unspecified atom stereocenters. The Morgan fingerprint density at radius 1 is 0.913 bits per heavy atom. The molecule has 2 aromatic carbocycles. The second-order valence-corrected chi connectivity index (χ2v) is 4.81. The summed E-state index contributed by atoms with van der Waals surface area (Å²) in [7, 11) is 0. The van der Waals surface area contributed by atoms with Crippen LogP contribution in [0.15, 0.2) is 71.8 Å². The first-order chi connectivity index (χ1) is 11.3. The molecule has 0 bridgehead atoms. The van der Waals surface area contributed by atoms with Crippen molar-refractivity contribution in [3.05, 3.63) is 77.3 Å². The van der Waals surface area contributed by atoms with Crippen LogP contribution < -0.4 is 15.0 Å². The Balaban J connectivity index is 1.74. The molecule has 0 aliphatic carbocycles. The molecule has 0 spiro atoms. The van der Waals surface area contributed by atoms with Gasteiger partial charge in [-0.1, -0.05) is 18.2 Å². The minimum absolute atomic E-state index is 0.0612. The predicted molar refractivity (Wildman–Crippen MR) is 87.2 cm³/mol. The van der Waals surface area contributed by atoms with Crippen molar-refractivity contribution >= 4 is 0 Å². The van der Waals surface area contributed by atoms with Crippen LogP contribution >= 0.6 is 0 Å². The summed E-state index contributed by atoms with van der Waals surface area (Å²) in [6.45, 7) is 2.46. The van der Waals surface area contributed by atoms with Gasteiger partial charge in [-0.2, -0.15) is 0 Å². The first kappa shape index (κ1) is 14.8. The number of hydrogen-bond acceptors (Lipinski definition) is 4. The largest absolute Gasteiger partial charge is 0.457 e. The molecule has 0 saturated carbocycles. The smallest absolute Gasteiger partial charge is 0.313 e. The van der Waals surface area contributed by atoms with E-state index in [9.17, 15) is 4.79 Å².